The van der Waals surface area contributed by atoms with Gasteiger partial charge in [0.1, 0.15) is 0 Å². The summed E-state index contributed by atoms with van der Waals surface area (Å²) in [7, 11) is 0. The smallest absolute Gasteiger partial charge is 0.0964 e. The Labute approximate surface area is 127 Å². The molecule has 0 aliphatic rings. The molecule has 0 saturated heterocycles. The molecule has 0 aromatic heterocycles. The van der Waals surface area contributed by atoms with Crippen molar-refractivity contribution in [3.05, 3.63) is 0 Å². The van der Waals surface area contributed by atoms with Crippen LogP contribution in [-0.2, 0) is 0 Å². The first-order valence-electron chi connectivity index (χ1n) is 8.63. The second kappa shape index (κ2) is 16.4. The molecule has 1 unspecified atom stereocenters. The predicted molar refractivity (Wildman–Crippen MR) is 89.9 cm³/mol. The van der Waals surface area contributed by atoms with Crippen LogP contribution in [0.4, 0.5) is 0 Å². The number of rotatable bonds is 15. The van der Waals surface area contributed by atoms with Gasteiger partial charge in [0.25, 0.3) is 0 Å². The van der Waals surface area contributed by atoms with Gasteiger partial charge >= 0.3 is 0 Å². The van der Waals surface area contributed by atoms with Crippen LogP contribution < -0.4 is 0 Å². The standard InChI is InChI=1S/C17H36OS/c1-2-3-4-5-6-7-8-9-10-11-12-13-14-15-16-17(18)19/h17-19H,2-16H2,1H3. The van der Waals surface area contributed by atoms with Crippen LogP contribution >= 0.6 is 12.6 Å². The summed E-state index contributed by atoms with van der Waals surface area (Å²) in [6, 6.07) is 0. The summed E-state index contributed by atoms with van der Waals surface area (Å²) in [4.78, 5) is 0. The molecule has 0 aromatic carbocycles. The second-order valence-electron chi connectivity index (χ2n) is 5.87. The summed E-state index contributed by atoms with van der Waals surface area (Å²) >= 11 is 3.97. The first-order chi connectivity index (χ1) is 9.27. The third-order valence-electron chi connectivity index (χ3n) is 3.82. The third-order valence-corrected chi connectivity index (χ3v) is 4.07. The van der Waals surface area contributed by atoms with Crippen LogP contribution in [0.1, 0.15) is 103 Å². The first kappa shape index (κ1) is 19.3. The van der Waals surface area contributed by atoms with Crippen molar-refractivity contribution in [1.29, 1.82) is 0 Å². The van der Waals surface area contributed by atoms with Gasteiger partial charge in [0.15, 0.2) is 0 Å². The van der Waals surface area contributed by atoms with Gasteiger partial charge in [0.05, 0.1) is 5.44 Å². The molecule has 1 N–H and O–H groups in total. The lowest BCUT2D eigenvalue weighted by Crippen LogP contribution is -1.94. The number of unbranched alkanes of at least 4 members (excludes halogenated alkanes) is 13. The van der Waals surface area contributed by atoms with Crippen molar-refractivity contribution in [3.63, 3.8) is 0 Å². The number of hydrogen-bond acceptors (Lipinski definition) is 2. The topological polar surface area (TPSA) is 20.2 Å². The Morgan fingerprint density at radius 1 is 0.632 bits per heavy atom. The monoisotopic (exact) mass is 288 g/mol. The van der Waals surface area contributed by atoms with E-state index >= 15 is 0 Å². The minimum absolute atomic E-state index is 0.405. The molecular weight excluding hydrogens is 252 g/mol. The van der Waals surface area contributed by atoms with Gasteiger partial charge in [-0.15, -0.1) is 12.6 Å². The molecule has 2 heteroatoms. The summed E-state index contributed by atoms with van der Waals surface area (Å²) < 4.78 is 0. The van der Waals surface area contributed by atoms with E-state index in [9.17, 15) is 0 Å². The highest BCUT2D eigenvalue weighted by molar-refractivity contribution is 7.80. The van der Waals surface area contributed by atoms with Gasteiger partial charge < -0.3 is 5.11 Å². The molecule has 0 heterocycles. The highest BCUT2D eigenvalue weighted by Crippen LogP contribution is 2.13. The van der Waals surface area contributed by atoms with Crippen LogP contribution in [0.2, 0.25) is 0 Å². The number of thiol groups is 1. The van der Waals surface area contributed by atoms with E-state index in [4.69, 9.17) is 5.11 Å². The summed E-state index contributed by atoms with van der Waals surface area (Å²) in [5, 5.41) is 9.01. The van der Waals surface area contributed by atoms with E-state index in [-0.39, 0.29) is 0 Å². The summed E-state index contributed by atoms with van der Waals surface area (Å²) in [5.41, 5.74) is -0.405. The lowest BCUT2D eigenvalue weighted by Gasteiger charge is -2.04. The average molecular weight is 289 g/mol. The molecule has 0 aliphatic carbocycles. The van der Waals surface area contributed by atoms with E-state index in [2.05, 4.69) is 19.6 Å². The van der Waals surface area contributed by atoms with Crippen LogP contribution in [0.25, 0.3) is 0 Å². The Kier molecular flexibility index (Phi) is 16.6. The molecule has 0 rings (SSSR count). The van der Waals surface area contributed by atoms with Gasteiger partial charge in [0, 0.05) is 0 Å². The quantitative estimate of drug-likeness (QED) is 0.212. The zero-order valence-corrected chi connectivity index (χ0v) is 14.0. The fraction of sp³-hybridized carbons (Fsp3) is 1.00. The van der Waals surface area contributed by atoms with Crippen LogP contribution in [0.15, 0.2) is 0 Å². The van der Waals surface area contributed by atoms with Crippen molar-refractivity contribution in [2.75, 3.05) is 0 Å². The van der Waals surface area contributed by atoms with Crippen molar-refractivity contribution < 1.29 is 5.11 Å². The van der Waals surface area contributed by atoms with Crippen molar-refractivity contribution in [1.82, 2.24) is 0 Å². The zero-order chi connectivity index (χ0) is 14.2. The molecule has 0 bridgehead atoms. The van der Waals surface area contributed by atoms with E-state index in [1.807, 2.05) is 0 Å². The molecule has 0 fully saturated rings. The van der Waals surface area contributed by atoms with E-state index in [0.29, 0.717) is 0 Å². The minimum atomic E-state index is -0.405. The van der Waals surface area contributed by atoms with Crippen molar-refractivity contribution in [2.45, 2.75) is 109 Å². The highest BCUT2D eigenvalue weighted by Gasteiger charge is 1.96. The third kappa shape index (κ3) is 18.3. The van der Waals surface area contributed by atoms with E-state index in [1.54, 1.807) is 0 Å². The fourth-order valence-electron chi connectivity index (χ4n) is 2.52. The van der Waals surface area contributed by atoms with Crippen molar-refractivity contribution in [2.24, 2.45) is 0 Å². The van der Waals surface area contributed by atoms with Crippen LogP contribution in [0.3, 0.4) is 0 Å². The molecule has 0 radical (unpaired) electrons. The molecule has 116 valence electrons. The van der Waals surface area contributed by atoms with E-state index < -0.39 is 5.44 Å². The Bertz CT molecular complexity index is 159. The minimum Gasteiger partial charge on any atom is -0.383 e. The van der Waals surface area contributed by atoms with E-state index in [0.717, 1.165) is 12.8 Å². The fourth-order valence-corrected chi connectivity index (χ4v) is 2.70. The van der Waals surface area contributed by atoms with E-state index in [1.165, 1.54) is 83.5 Å². The lowest BCUT2D eigenvalue weighted by molar-refractivity contribution is 0.249. The average Bonchev–Trinajstić information content (AvgIpc) is 2.39. The Hall–Kier alpha value is 0.310. The molecule has 1 nitrogen and oxygen atoms in total. The van der Waals surface area contributed by atoms with Crippen molar-refractivity contribution >= 4 is 12.6 Å². The molecule has 0 spiro atoms. The second-order valence-corrected chi connectivity index (χ2v) is 6.46. The Morgan fingerprint density at radius 3 is 1.26 bits per heavy atom. The maximum absolute atomic E-state index is 9.01. The van der Waals surface area contributed by atoms with Gasteiger partial charge in [-0.3, -0.25) is 0 Å². The van der Waals surface area contributed by atoms with Crippen LogP contribution in [0, 0.1) is 0 Å². The molecule has 19 heavy (non-hydrogen) atoms. The molecule has 0 saturated carbocycles. The highest BCUT2D eigenvalue weighted by atomic mass is 32.1. The molecular formula is C17H36OS. The van der Waals surface area contributed by atoms with Gasteiger partial charge in [-0.05, 0) is 6.42 Å². The Morgan fingerprint density at radius 2 is 0.947 bits per heavy atom. The Balaban J connectivity index is 2.91. The van der Waals surface area contributed by atoms with Gasteiger partial charge in [-0.2, -0.15) is 0 Å². The van der Waals surface area contributed by atoms with Crippen molar-refractivity contribution in [3.8, 4) is 0 Å². The summed E-state index contributed by atoms with van der Waals surface area (Å²) in [6.45, 7) is 2.28. The van der Waals surface area contributed by atoms with Gasteiger partial charge in [-0.25, -0.2) is 0 Å². The number of hydrogen-bond donors (Lipinski definition) is 2. The molecule has 1 atom stereocenters. The maximum atomic E-state index is 9.01. The predicted octanol–water partition coefficient (Wildman–Crippen LogP) is 6.11. The zero-order valence-electron chi connectivity index (χ0n) is 13.1. The molecule has 0 aliphatic heterocycles. The SMILES string of the molecule is CCCCCCCCCCCCCCCCC(O)S. The summed E-state index contributed by atoms with van der Waals surface area (Å²) in [6.07, 6.45) is 20.2. The van der Waals surface area contributed by atoms with Crippen LogP contribution in [0.5, 0.6) is 0 Å². The summed E-state index contributed by atoms with van der Waals surface area (Å²) in [5.74, 6) is 0. The molecule has 0 amide bonds. The molecule has 0 aromatic rings. The van der Waals surface area contributed by atoms with Gasteiger partial charge in [-0.1, -0.05) is 96.8 Å². The number of aliphatic hydroxyl groups excluding tert-OH is 1. The number of aliphatic hydroxyl groups is 1. The van der Waals surface area contributed by atoms with Gasteiger partial charge in [0.2, 0.25) is 0 Å². The largest absolute Gasteiger partial charge is 0.383 e. The first-order valence-corrected chi connectivity index (χ1v) is 9.15. The lowest BCUT2D eigenvalue weighted by atomic mass is 10.0. The maximum Gasteiger partial charge on any atom is 0.0964 e. The normalized spacial score (nSPS) is 12.8. The van der Waals surface area contributed by atoms with Crippen LogP contribution in [-0.4, -0.2) is 10.5 Å².